The third kappa shape index (κ3) is 2.70. The maximum absolute atomic E-state index is 13.2. The van der Waals surface area contributed by atoms with Gasteiger partial charge in [-0.3, -0.25) is 9.20 Å². The number of imidazole rings is 1. The van der Waals surface area contributed by atoms with Crippen molar-refractivity contribution >= 4 is 17.4 Å². The van der Waals surface area contributed by atoms with Crippen LogP contribution in [0.25, 0.3) is 17.0 Å². The van der Waals surface area contributed by atoms with Gasteiger partial charge in [-0.2, -0.15) is 0 Å². The van der Waals surface area contributed by atoms with Crippen LogP contribution in [0.2, 0.25) is 0 Å². The van der Waals surface area contributed by atoms with E-state index in [0.717, 1.165) is 41.1 Å². The zero-order chi connectivity index (χ0) is 20.1. The SMILES string of the molecule is O=C(Nc1cccc(-c2cn3cccnc3n2)c1)C1(c2ccc3c(c2)OCO3)CC1. The van der Waals surface area contributed by atoms with Gasteiger partial charge in [-0.05, 0) is 48.7 Å². The molecule has 2 aromatic heterocycles. The van der Waals surface area contributed by atoms with Crippen LogP contribution < -0.4 is 14.8 Å². The maximum atomic E-state index is 13.2. The van der Waals surface area contributed by atoms with Crippen molar-refractivity contribution in [3.05, 3.63) is 72.7 Å². The average molecular weight is 398 g/mol. The molecule has 0 radical (unpaired) electrons. The summed E-state index contributed by atoms with van der Waals surface area (Å²) >= 11 is 0. The molecule has 7 heteroatoms. The molecule has 30 heavy (non-hydrogen) atoms. The number of nitrogens with one attached hydrogen (secondary N) is 1. The van der Waals surface area contributed by atoms with Gasteiger partial charge < -0.3 is 14.8 Å². The van der Waals surface area contributed by atoms with E-state index >= 15 is 0 Å². The van der Waals surface area contributed by atoms with Gasteiger partial charge in [0.15, 0.2) is 11.5 Å². The molecule has 1 saturated carbocycles. The Morgan fingerprint density at radius 2 is 1.97 bits per heavy atom. The second-order valence-corrected chi connectivity index (χ2v) is 7.64. The lowest BCUT2D eigenvalue weighted by Gasteiger charge is -2.16. The van der Waals surface area contributed by atoms with Crippen LogP contribution in [-0.2, 0) is 10.2 Å². The average Bonchev–Trinajstić information content (AvgIpc) is 3.26. The molecule has 1 N–H and O–H groups in total. The van der Waals surface area contributed by atoms with Crippen LogP contribution in [0.4, 0.5) is 5.69 Å². The third-order valence-corrected chi connectivity index (χ3v) is 5.76. The van der Waals surface area contributed by atoms with Crippen LogP contribution in [0, 0.1) is 0 Å². The molecule has 0 bridgehead atoms. The molecule has 0 spiro atoms. The molecule has 148 valence electrons. The topological polar surface area (TPSA) is 77.8 Å². The third-order valence-electron chi connectivity index (χ3n) is 5.76. The molecular weight excluding hydrogens is 380 g/mol. The van der Waals surface area contributed by atoms with Crippen LogP contribution in [0.3, 0.4) is 0 Å². The van der Waals surface area contributed by atoms with Crippen molar-refractivity contribution in [2.45, 2.75) is 18.3 Å². The van der Waals surface area contributed by atoms with E-state index in [1.54, 1.807) is 6.20 Å². The lowest BCUT2D eigenvalue weighted by molar-refractivity contribution is -0.118. The zero-order valence-corrected chi connectivity index (χ0v) is 16.0. The summed E-state index contributed by atoms with van der Waals surface area (Å²) in [5, 5.41) is 3.09. The molecular formula is C23H18N4O3. The Hall–Kier alpha value is -3.87. The predicted octanol–water partition coefficient (Wildman–Crippen LogP) is 3.80. The molecule has 0 saturated heterocycles. The van der Waals surface area contributed by atoms with Gasteiger partial charge in [0.05, 0.1) is 11.1 Å². The van der Waals surface area contributed by atoms with Gasteiger partial charge >= 0.3 is 0 Å². The number of fused-ring (bicyclic) bond motifs is 2. The van der Waals surface area contributed by atoms with E-state index in [1.807, 2.05) is 65.3 Å². The number of hydrogen-bond donors (Lipinski definition) is 1. The number of aromatic nitrogens is 3. The fourth-order valence-electron chi connectivity index (χ4n) is 3.94. The highest BCUT2D eigenvalue weighted by Crippen LogP contribution is 2.51. The molecule has 2 aromatic carbocycles. The monoisotopic (exact) mass is 398 g/mol. The minimum Gasteiger partial charge on any atom is -0.454 e. The van der Waals surface area contributed by atoms with Gasteiger partial charge in [0, 0.05) is 29.8 Å². The Balaban J connectivity index is 1.27. The lowest BCUT2D eigenvalue weighted by Crippen LogP contribution is -2.27. The normalized spacial score (nSPS) is 15.9. The minimum absolute atomic E-state index is 0.00446. The summed E-state index contributed by atoms with van der Waals surface area (Å²) in [6.45, 7) is 0.226. The summed E-state index contributed by atoms with van der Waals surface area (Å²) < 4.78 is 12.7. The van der Waals surface area contributed by atoms with E-state index in [9.17, 15) is 4.79 Å². The smallest absolute Gasteiger partial charge is 0.235 e. The van der Waals surface area contributed by atoms with Crippen molar-refractivity contribution in [3.63, 3.8) is 0 Å². The number of anilines is 1. The van der Waals surface area contributed by atoms with Gasteiger partial charge in [0.2, 0.25) is 18.5 Å². The number of nitrogens with zero attached hydrogens (tertiary/aromatic N) is 3. The van der Waals surface area contributed by atoms with Crippen molar-refractivity contribution in [2.75, 3.05) is 12.1 Å². The number of amides is 1. The summed E-state index contributed by atoms with van der Waals surface area (Å²) in [6.07, 6.45) is 7.19. The molecule has 4 aromatic rings. The number of carbonyl (C=O) groups excluding carboxylic acids is 1. The van der Waals surface area contributed by atoms with Crippen LogP contribution >= 0.6 is 0 Å². The fraction of sp³-hybridized carbons (Fsp3) is 0.174. The van der Waals surface area contributed by atoms with E-state index in [0.29, 0.717) is 11.5 Å². The van der Waals surface area contributed by atoms with E-state index in [-0.39, 0.29) is 12.7 Å². The molecule has 1 aliphatic heterocycles. The highest BCUT2D eigenvalue weighted by molar-refractivity contribution is 6.01. The highest BCUT2D eigenvalue weighted by Gasteiger charge is 2.51. The summed E-state index contributed by atoms with van der Waals surface area (Å²) in [5.41, 5.74) is 2.93. The number of carbonyl (C=O) groups is 1. The van der Waals surface area contributed by atoms with E-state index < -0.39 is 5.41 Å². The Morgan fingerprint density at radius 1 is 1.07 bits per heavy atom. The van der Waals surface area contributed by atoms with Gasteiger partial charge in [-0.15, -0.1) is 0 Å². The number of rotatable bonds is 4. The molecule has 0 atom stereocenters. The van der Waals surface area contributed by atoms with E-state index in [4.69, 9.17) is 9.47 Å². The van der Waals surface area contributed by atoms with Crippen molar-refractivity contribution < 1.29 is 14.3 Å². The van der Waals surface area contributed by atoms with Gasteiger partial charge in [-0.1, -0.05) is 18.2 Å². The molecule has 6 rings (SSSR count). The minimum atomic E-state index is -0.510. The standard InChI is InChI=1S/C23H18N4O3/c28-21(23(7-8-23)16-5-6-19-20(12-16)30-14-29-19)25-17-4-1-3-15(11-17)18-13-27-10-2-9-24-22(27)26-18/h1-6,9-13H,7-8,14H2,(H,25,28). The number of benzene rings is 2. The first-order chi connectivity index (χ1) is 14.7. The molecule has 0 unspecified atom stereocenters. The van der Waals surface area contributed by atoms with E-state index in [1.165, 1.54) is 0 Å². The predicted molar refractivity (Wildman–Crippen MR) is 111 cm³/mol. The Labute approximate surface area is 172 Å². The number of hydrogen-bond acceptors (Lipinski definition) is 5. The molecule has 7 nitrogen and oxygen atoms in total. The summed E-state index contributed by atoms with van der Waals surface area (Å²) in [4.78, 5) is 22.0. The molecule has 2 aliphatic rings. The summed E-state index contributed by atoms with van der Waals surface area (Å²) in [5.74, 6) is 2.07. The molecule has 1 aliphatic carbocycles. The number of ether oxygens (including phenoxy) is 2. The van der Waals surface area contributed by atoms with Crippen molar-refractivity contribution in [2.24, 2.45) is 0 Å². The van der Waals surface area contributed by atoms with Crippen molar-refractivity contribution in [1.29, 1.82) is 0 Å². The molecule has 1 fully saturated rings. The Kier molecular flexibility index (Phi) is 3.59. The fourth-order valence-corrected chi connectivity index (χ4v) is 3.94. The quantitative estimate of drug-likeness (QED) is 0.566. The zero-order valence-electron chi connectivity index (χ0n) is 16.0. The first kappa shape index (κ1) is 17.0. The summed E-state index contributed by atoms with van der Waals surface area (Å²) in [7, 11) is 0. The first-order valence-corrected chi connectivity index (χ1v) is 9.83. The van der Waals surface area contributed by atoms with Crippen LogP contribution in [-0.4, -0.2) is 27.1 Å². The maximum Gasteiger partial charge on any atom is 0.235 e. The molecule has 3 heterocycles. The van der Waals surface area contributed by atoms with Crippen LogP contribution in [0.15, 0.2) is 67.1 Å². The summed E-state index contributed by atoms with van der Waals surface area (Å²) in [6, 6.07) is 15.4. The lowest BCUT2D eigenvalue weighted by atomic mass is 9.94. The molecule has 1 amide bonds. The van der Waals surface area contributed by atoms with Crippen LogP contribution in [0.1, 0.15) is 18.4 Å². The van der Waals surface area contributed by atoms with Gasteiger partial charge in [0.1, 0.15) is 0 Å². The largest absolute Gasteiger partial charge is 0.454 e. The Morgan fingerprint density at radius 3 is 2.83 bits per heavy atom. The van der Waals surface area contributed by atoms with Crippen molar-refractivity contribution in [1.82, 2.24) is 14.4 Å². The van der Waals surface area contributed by atoms with Crippen molar-refractivity contribution in [3.8, 4) is 22.8 Å². The van der Waals surface area contributed by atoms with E-state index in [2.05, 4.69) is 15.3 Å². The van der Waals surface area contributed by atoms with Crippen LogP contribution in [0.5, 0.6) is 11.5 Å². The second kappa shape index (κ2) is 6.32. The highest BCUT2D eigenvalue weighted by atomic mass is 16.7. The Bertz CT molecular complexity index is 1260. The van der Waals surface area contributed by atoms with Gasteiger partial charge in [-0.25, -0.2) is 9.97 Å². The van der Waals surface area contributed by atoms with Gasteiger partial charge in [0.25, 0.3) is 0 Å². The second-order valence-electron chi connectivity index (χ2n) is 7.64. The first-order valence-electron chi connectivity index (χ1n) is 9.83.